The first-order valence-corrected chi connectivity index (χ1v) is 3.93. The highest BCUT2D eigenvalue weighted by atomic mass is 14.7. The Hall–Kier alpha value is -1.18. The number of hydrogen-bond acceptors (Lipinski definition) is 1. The minimum atomic E-state index is 0.951. The minimum Gasteiger partial charge on any atom is -0.256 e. The molecule has 1 aliphatic rings. The molecule has 0 aliphatic heterocycles. The van der Waals surface area contributed by atoms with Gasteiger partial charge < -0.3 is 0 Å². The summed E-state index contributed by atoms with van der Waals surface area (Å²) in [4.78, 5) is 4.24. The standard InChI is InChI=1S/C9H10N2/c10-8-5-1-3-7-4-2-6-11-9(7)8/h2,4,6,10H,1,3,5H2/p+1. The fourth-order valence-electron chi connectivity index (χ4n) is 1.52. The summed E-state index contributed by atoms with van der Waals surface area (Å²) in [5.41, 5.74) is 3.28. The van der Waals surface area contributed by atoms with E-state index in [9.17, 15) is 0 Å². The highest BCUT2D eigenvalue weighted by Crippen LogP contribution is 2.16. The van der Waals surface area contributed by atoms with E-state index in [1.165, 1.54) is 12.0 Å². The molecule has 2 rings (SSSR count). The van der Waals surface area contributed by atoms with Gasteiger partial charge in [-0.1, -0.05) is 6.07 Å². The van der Waals surface area contributed by atoms with E-state index in [1.54, 1.807) is 6.20 Å². The van der Waals surface area contributed by atoms with Crippen LogP contribution in [-0.2, 0) is 6.42 Å². The number of nitrogens with two attached hydrogens (primary N) is 1. The van der Waals surface area contributed by atoms with Crippen molar-refractivity contribution in [1.29, 1.82) is 0 Å². The van der Waals surface area contributed by atoms with E-state index < -0.39 is 0 Å². The van der Waals surface area contributed by atoms with Crippen LogP contribution >= 0.6 is 0 Å². The quantitative estimate of drug-likeness (QED) is 0.549. The van der Waals surface area contributed by atoms with Gasteiger partial charge in [0.15, 0.2) is 5.71 Å². The Kier molecular flexibility index (Phi) is 1.46. The third kappa shape index (κ3) is 1.04. The zero-order chi connectivity index (χ0) is 7.68. The Bertz CT molecular complexity index is 291. The van der Waals surface area contributed by atoms with Gasteiger partial charge in [-0.05, 0) is 24.5 Å². The topological polar surface area (TPSA) is 38.5 Å². The Labute approximate surface area is 65.8 Å². The molecule has 0 unspecified atom stereocenters. The van der Waals surface area contributed by atoms with Crippen LogP contribution in [0.4, 0.5) is 0 Å². The molecule has 0 atom stereocenters. The van der Waals surface area contributed by atoms with Gasteiger partial charge in [0, 0.05) is 12.6 Å². The van der Waals surface area contributed by atoms with Crippen LogP contribution in [0.1, 0.15) is 24.1 Å². The summed E-state index contributed by atoms with van der Waals surface area (Å²) in [6.45, 7) is 0. The van der Waals surface area contributed by atoms with Gasteiger partial charge >= 0.3 is 0 Å². The SMILES string of the molecule is [NH2+]=C1CCCc2cccnc21. The van der Waals surface area contributed by atoms with Crippen LogP contribution in [0.15, 0.2) is 18.3 Å². The lowest BCUT2D eigenvalue weighted by Gasteiger charge is -2.10. The molecule has 56 valence electrons. The number of hydrogen-bond donors (Lipinski definition) is 1. The van der Waals surface area contributed by atoms with Crippen molar-refractivity contribution in [3.05, 3.63) is 29.6 Å². The third-order valence-corrected chi connectivity index (χ3v) is 2.09. The van der Waals surface area contributed by atoms with Crippen molar-refractivity contribution in [3.63, 3.8) is 0 Å². The Morgan fingerprint density at radius 3 is 3.09 bits per heavy atom. The summed E-state index contributed by atoms with van der Waals surface area (Å²) >= 11 is 0. The zero-order valence-electron chi connectivity index (χ0n) is 6.38. The lowest BCUT2D eigenvalue weighted by Crippen LogP contribution is -2.42. The summed E-state index contributed by atoms with van der Waals surface area (Å²) < 4.78 is 0. The largest absolute Gasteiger partial charge is 0.256 e. The highest BCUT2D eigenvalue weighted by molar-refractivity contribution is 5.96. The second-order valence-corrected chi connectivity index (χ2v) is 2.89. The van der Waals surface area contributed by atoms with E-state index in [1.807, 2.05) is 6.07 Å². The summed E-state index contributed by atoms with van der Waals surface area (Å²) in [6, 6.07) is 4.08. The molecule has 2 heteroatoms. The zero-order valence-corrected chi connectivity index (χ0v) is 6.38. The van der Waals surface area contributed by atoms with Crippen LogP contribution in [0.5, 0.6) is 0 Å². The Morgan fingerprint density at radius 1 is 1.36 bits per heavy atom. The molecule has 0 radical (unpaired) electrons. The number of pyridine rings is 1. The molecule has 1 aromatic heterocycles. The van der Waals surface area contributed by atoms with E-state index in [-0.39, 0.29) is 0 Å². The first kappa shape index (κ1) is 6.53. The number of aromatic nitrogens is 1. The van der Waals surface area contributed by atoms with E-state index in [0.717, 1.165) is 24.2 Å². The van der Waals surface area contributed by atoms with Crippen LogP contribution in [-0.4, -0.2) is 10.7 Å². The number of rotatable bonds is 0. The smallest absolute Gasteiger partial charge is 0.198 e. The third-order valence-electron chi connectivity index (χ3n) is 2.09. The normalized spacial score (nSPS) is 16.2. The summed E-state index contributed by atoms with van der Waals surface area (Å²) in [5, 5.41) is 5.80. The van der Waals surface area contributed by atoms with E-state index in [0.29, 0.717) is 0 Å². The lowest BCUT2D eigenvalue weighted by atomic mass is 9.95. The Balaban J connectivity index is 2.52. The van der Waals surface area contributed by atoms with Gasteiger partial charge in [-0.25, -0.2) is 0 Å². The van der Waals surface area contributed by atoms with Crippen molar-refractivity contribution in [2.75, 3.05) is 0 Å². The van der Waals surface area contributed by atoms with Crippen molar-refractivity contribution < 1.29 is 5.41 Å². The second kappa shape index (κ2) is 2.46. The first-order chi connectivity index (χ1) is 5.38. The monoisotopic (exact) mass is 147 g/mol. The highest BCUT2D eigenvalue weighted by Gasteiger charge is 2.17. The maximum absolute atomic E-state index is 5.80. The summed E-state index contributed by atoms with van der Waals surface area (Å²) in [5.74, 6) is 0. The van der Waals surface area contributed by atoms with Crippen LogP contribution < -0.4 is 5.41 Å². The van der Waals surface area contributed by atoms with Crippen molar-refractivity contribution in [2.45, 2.75) is 19.3 Å². The number of aryl methyl sites for hydroxylation is 1. The maximum atomic E-state index is 5.80. The average Bonchev–Trinajstić information content (AvgIpc) is 2.06. The molecular formula is C9H11N2+. The molecule has 0 spiro atoms. The van der Waals surface area contributed by atoms with Crippen LogP contribution in [0.2, 0.25) is 0 Å². The molecule has 11 heavy (non-hydrogen) atoms. The van der Waals surface area contributed by atoms with Gasteiger partial charge in [0.2, 0.25) is 0 Å². The molecule has 1 heterocycles. The van der Waals surface area contributed by atoms with Gasteiger partial charge in [0.25, 0.3) is 0 Å². The summed E-state index contributed by atoms with van der Waals surface area (Å²) in [6.07, 6.45) is 5.11. The van der Waals surface area contributed by atoms with Gasteiger partial charge in [0.1, 0.15) is 5.69 Å². The Morgan fingerprint density at radius 2 is 2.27 bits per heavy atom. The van der Waals surface area contributed by atoms with Crippen LogP contribution in [0.25, 0.3) is 0 Å². The number of nitrogens with zero attached hydrogens (tertiary/aromatic N) is 1. The van der Waals surface area contributed by atoms with Gasteiger partial charge in [-0.15, -0.1) is 0 Å². The average molecular weight is 147 g/mol. The van der Waals surface area contributed by atoms with Crippen molar-refractivity contribution in [1.82, 2.24) is 4.98 Å². The fraction of sp³-hybridized carbons (Fsp3) is 0.333. The molecule has 1 aliphatic carbocycles. The predicted octanol–water partition coefficient (Wildman–Crippen LogP) is -0.0339. The molecule has 0 fully saturated rings. The van der Waals surface area contributed by atoms with Crippen LogP contribution in [0.3, 0.4) is 0 Å². The van der Waals surface area contributed by atoms with Crippen molar-refractivity contribution in [3.8, 4) is 0 Å². The summed E-state index contributed by atoms with van der Waals surface area (Å²) in [7, 11) is 0. The molecule has 0 aromatic carbocycles. The predicted molar refractivity (Wildman–Crippen MR) is 43.2 cm³/mol. The van der Waals surface area contributed by atoms with E-state index in [4.69, 9.17) is 5.41 Å². The molecule has 1 aromatic rings. The molecule has 2 nitrogen and oxygen atoms in total. The molecule has 2 N–H and O–H groups in total. The maximum Gasteiger partial charge on any atom is 0.198 e. The number of fused-ring (bicyclic) bond motifs is 1. The van der Waals surface area contributed by atoms with Crippen LogP contribution in [0, 0.1) is 0 Å². The van der Waals surface area contributed by atoms with Crippen molar-refractivity contribution in [2.24, 2.45) is 0 Å². The second-order valence-electron chi connectivity index (χ2n) is 2.89. The molecule has 0 amide bonds. The van der Waals surface area contributed by atoms with E-state index in [2.05, 4.69) is 11.1 Å². The van der Waals surface area contributed by atoms with Gasteiger partial charge in [-0.3, -0.25) is 10.4 Å². The van der Waals surface area contributed by atoms with Gasteiger partial charge in [-0.2, -0.15) is 0 Å². The minimum absolute atomic E-state index is 0.951. The molecule has 0 bridgehead atoms. The molecule has 0 saturated heterocycles. The van der Waals surface area contributed by atoms with Crippen molar-refractivity contribution >= 4 is 5.71 Å². The molecule has 0 saturated carbocycles. The van der Waals surface area contributed by atoms with Gasteiger partial charge in [0.05, 0.1) is 0 Å². The first-order valence-electron chi connectivity index (χ1n) is 3.93. The fourth-order valence-corrected chi connectivity index (χ4v) is 1.52. The molecular weight excluding hydrogens is 136 g/mol. The lowest BCUT2D eigenvalue weighted by molar-refractivity contribution is -0.116. The van der Waals surface area contributed by atoms with E-state index >= 15 is 0 Å².